The van der Waals surface area contributed by atoms with Crippen molar-refractivity contribution in [2.75, 3.05) is 14.2 Å². The summed E-state index contributed by atoms with van der Waals surface area (Å²) in [5, 5.41) is 4.86. The lowest BCUT2D eigenvalue weighted by atomic mass is 9.71. The van der Waals surface area contributed by atoms with Crippen molar-refractivity contribution in [3.63, 3.8) is 0 Å². The van der Waals surface area contributed by atoms with Crippen molar-refractivity contribution >= 4 is 29.1 Å². The number of carbonyl (C=O) groups is 3. The van der Waals surface area contributed by atoms with Crippen LogP contribution in [0.1, 0.15) is 42.5 Å². The molecule has 1 aromatic carbocycles. The van der Waals surface area contributed by atoms with Crippen LogP contribution in [0.3, 0.4) is 0 Å². The van der Waals surface area contributed by atoms with Crippen LogP contribution in [-0.2, 0) is 32.2 Å². The number of carbonyl (C=O) groups excluding carboxylic acids is 3. The molecule has 1 aliphatic heterocycles. The maximum Gasteiger partial charge on any atom is 0.318 e. The number of esters is 1. The molecule has 7 nitrogen and oxygen atoms in total. The smallest absolute Gasteiger partial charge is 0.318 e. The molecule has 1 N–H and O–H groups in total. The molecular formula is C26H30N2O5S. The van der Waals surface area contributed by atoms with E-state index in [9.17, 15) is 14.4 Å². The Labute approximate surface area is 203 Å². The maximum absolute atomic E-state index is 13.8. The summed E-state index contributed by atoms with van der Waals surface area (Å²) in [6.45, 7) is 0.724. The molecule has 8 heteroatoms. The molecule has 0 unspecified atom stereocenters. The minimum Gasteiger partial charge on any atom is -0.497 e. The molecular weight excluding hydrogens is 452 g/mol. The van der Waals surface area contributed by atoms with E-state index in [0.717, 1.165) is 35.5 Å². The van der Waals surface area contributed by atoms with Crippen LogP contribution in [0.25, 0.3) is 0 Å². The van der Waals surface area contributed by atoms with E-state index in [4.69, 9.17) is 9.47 Å². The molecule has 0 radical (unpaired) electrons. The maximum atomic E-state index is 13.8. The standard InChI is InChI=1S/C26H30N2O5S/c1-32-19-11-9-18(10-12-19)17-28-22-8-4-3-5-13-26(22,25(31)33-2)21(24(28)30)15-23(29)27-16-20-7-6-14-34-20/h6-12,14,21H,3-5,13,15-17H2,1-2H3,(H,27,29)/t21-,26-/m0/s1. The molecule has 2 atom stereocenters. The first-order valence-electron chi connectivity index (χ1n) is 11.5. The Bertz CT molecular complexity index is 1060. The summed E-state index contributed by atoms with van der Waals surface area (Å²) >= 11 is 1.56. The minimum atomic E-state index is -1.14. The molecule has 1 saturated heterocycles. The summed E-state index contributed by atoms with van der Waals surface area (Å²) in [4.78, 5) is 42.7. The average Bonchev–Trinajstić information content (AvgIpc) is 3.37. The SMILES string of the molecule is COC(=O)[C@]12CCCCC=C1N(Cc1ccc(OC)cc1)C(=O)[C@@H]2CC(=O)NCc1cccs1. The quantitative estimate of drug-likeness (QED) is 0.574. The fraction of sp³-hybridized carbons (Fsp3) is 0.423. The molecule has 4 rings (SSSR count). The second-order valence-corrected chi connectivity index (χ2v) is 9.72. The minimum absolute atomic E-state index is 0.0598. The first-order valence-corrected chi connectivity index (χ1v) is 12.4. The van der Waals surface area contributed by atoms with Crippen LogP contribution in [0.5, 0.6) is 5.75 Å². The van der Waals surface area contributed by atoms with E-state index >= 15 is 0 Å². The van der Waals surface area contributed by atoms with Crippen LogP contribution in [0, 0.1) is 11.3 Å². The number of likely N-dealkylation sites (tertiary alicyclic amines) is 1. The highest BCUT2D eigenvalue weighted by molar-refractivity contribution is 7.09. The van der Waals surface area contributed by atoms with Crippen molar-refractivity contribution in [1.82, 2.24) is 10.2 Å². The summed E-state index contributed by atoms with van der Waals surface area (Å²) in [7, 11) is 2.96. The lowest BCUT2D eigenvalue weighted by Crippen LogP contribution is -2.41. The average molecular weight is 483 g/mol. The van der Waals surface area contributed by atoms with Gasteiger partial charge in [-0.3, -0.25) is 14.4 Å². The molecule has 0 saturated carbocycles. The van der Waals surface area contributed by atoms with Gasteiger partial charge in [-0.05, 0) is 48.4 Å². The van der Waals surface area contributed by atoms with E-state index in [1.807, 2.05) is 47.9 Å². The van der Waals surface area contributed by atoms with Gasteiger partial charge in [0.2, 0.25) is 11.8 Å². The van der Waals surface area contributed by atoms with E-state index in [0.29, 0.717) is 25.2 Å². The molecule has 34 heavy (non-hydrogen) atoms. The molecule has 0 bridgehead atoms. The third-order valence-corrected chi connectivity index (χ3v) is 7.62. The zero-order valence-electron chi connectivity index (χ0n) is 19.5. The number of hydrogen-bond donors (Lipinski definition) is 1. The Morgan fingerprint density at radius 1 is 1.18 bits per heavy atom. The van der Waals surface area contributed by atoms with Crippen LogP contribution in [0.15, 0.2) is 53.6 Å². The monoisotopic (exact) mass is 482 g/mol. The van der Waals surface area contributed by atoms with Gasteiger partial charge in [-0.2, -0.15) is 0 Å². The summed E-state index contributed by atoms with van der Waals surface area (Å²) in [5.41, 5.74) is 0.448. The molecule has 180 valence electrons. The lowest BCUT2D eigenvalue weighted by molar-refractivity contribution is -0.155. The number of rotatable bonds is 8. The number of hydrogen-bond acceptors (Lipinski definition) is 6. The van der Waals surface area contributed by atoms with Crippen molar-refractivity contribution in [2.24, 2.45) is 11.3 Å². The molecule has 2 aromatic rings. The van der Waals surface area contributed by atoms with E-state index in [1.54, 1.807) is 23.3 Å². The predicted octanol–water partition coefficient (Wildman–Crippen LogP) is 4.04. The number of nitrogens with zero attached hydrogens (tertiary/aromatic N) is 1. The summed E-state index contributed by atoms with van der Waals surface area (Å²) < 4.78 is 10.5. The number of fused-ring (bicyclic) bond motifs is 1. The van der Waals surface area contributed by atoms with E-state index in [-0.39, 0.29) is 18.2 Å². The van der Waals surface area contributed by atoms with Gasteiger partial charge in [0.25, 0.3) is 0 Å². The second kappa shape index (κ2) is 10.4. The fourth-order valence-electron chi connectivity index (χ4n) is 5.04. The van der Waals surface area contributed by atoms with Gasteiger partial charge < -0.3 is 19.7 Å². The highest BCUT2D eigenvalue weighted by Gasteiger charge is 2.61. The van der Waals surface area contributed by atoms with Gasteiger partial charge in [0.1, 0.15) is 11.2 Å². The molecule has 1 fully saturated rings. The molecule has 2 aliphatic rings. The normalized spacial score (nSPS) is 21.9. The van der Waals surface area contributed by atoms with Crippen molar-refractivity contribution in [3.8, 4) is 5.75 Å². The van der Waals surface area contributed by atoms with Gasteiger partial charge in [-0.25, -0.2) is 0 Å². The zero-order valence-corrected chi connectivity index (χ0v) is 20.4. The largest absolute Gasteiger partial charge is 0.497 e. The predicted molar refractivity (Wildman–Crippen MR) is 129 cm³/mol. The van der Waals surface area contributed by atoms with E-state index in [1.165, 1.54) is 7.11 Å². The van der Waals surface area contributed by atoms with Crippen LogP contribution < -0.4 is 10.1 Å². The lowest BCUT2D eigenvalue weighted by Gasteiger charge is -2.31. The first kappa shape index (κ1) is 24.0. The van der Waals surface area contributed by atoms with Gasteiger partial charge >= 0.3 is 5.97 Å². The number of allylic oxidation sites excluding steroid dienone is 1. The number of benzene rings is 1. The van der Waals surface area contributed by atoms with Gasteiger partial charge in [-0.1, -0.05) is 30.7 Å². The van der Waals surface area contributed by atoms with Crippen LogP contribution in [-0.4, -0.2) is 36.9 Å². The molecule has 1 aliphatic carbocycles. The number of nitrogens with one attached hydrogen (secondary N) is 1. The third-order valence-electron chi connectivity index (χ3n) is 6.75. The van der Waals surface area contributed by atoms with Crippen LogP contribution in [0.2, 0.25) is 0 Å². The van der Waals surface area contributed by atoms with Crippen molar-refractivity contribution in [3.05, 3.63) is 64.0 Å². The zero-order chi connectivity index (χ0) is 24.1. The number of ether oxygens (including phenoxy) is 2. The number of methoxy groups -OCH3 is 2. The van der Waals surface area contributed by atoms with Crippen molar-refractivity contribution in [2.45, 2.75) is 45.2 Å². The Morgan fingerprint density at radius 3 is 2.65 bits per heavy atom. The Kier molecular flexibility index (Phi) is 7.36. The molecule has 1 aromatic heterocycles. The first-order chi connectivity index (χ1) is 16.5. The summed E-state index contributed by atoms with van der Waals surface area (Å²) in [6.07, 6.45) is 4.90. The van der Waals surface area contributed by atoms with Crippen molar-refractivity contribution in [1.29, 1.82) is 0 Å². The van der Waals surface area contributed by atoms with Gasteiger partial charge in [0.05, 0.1) is 33.2 Å². The summed E-state index contributed by atoms with van der Waals surface area (Å²) in [5.74, 6) is -0.965. The van der Waals surface area contributed by atoms with Crippen LogP contribution in [0.4, 0.5) is 0 Å². The number of amides is 2. The molecule has 0 spiro atoms. The Morgan fingerprint density at radius 2 is 1.97 bits per heavy atom. The number of thiophene rings is 1. The molecule has 2 heterocycles. The van der Waals surface area contributed by atoms with Gasteiger partial charge in [0, 0.05) is 17.0 Å². The summed E-state index contributed by atoms with van der Waals surface area (Å²) in [6, 6.07) is 11.4. The van der Waals surface area contributed by atoms with E-state index < -0.39 is 17.3 Å². The third kappa shape index (κ3) is 4.59. The Hall–Kier alpha value is -3.13. The molecule has 2 amide bonds. The topological polar surface area (TPSA) is 84.9 Å². The second-order valence-electron chi connectivity index (χ2n) is 8.68. The highest BCUT2D eigenvalue weighted by atomic mass is 32.1. The van der Waals surface area contributed by atoms with Crippen LogP contribution >= 0.6 is 11.3 Å². The fourth-order valence-corrected chi connectivity index (χ4v) is 5.69. The van der Waals surface area contributed by atoms with E-state index in [2.05, 4.69) is 5.32 Å². The highest BCUT2D eigenvalue weighted by Crippen LogP contribution is 2.53. The van der Waals surface area contributed by atoms with Gasteiger partial charge in [0.15, 0.2) is 0 Å². The Balaban J connectivity index is 1.64. The van der Waals surface area contributed by atoms with Gasteiger partial charge in [-0.15, -0.1) is 11.3 Å². The van der Waals surface area contributed by atoms with Crippen molar-refractivity contribution < 1.29 is 23.9 Å².